The molecule has 0 saturated carbocycles. The molecule has 1 aliphatic rings. The van der Waals surface area contributed by atoms with E-state index in [1.54, 1.807) is 7.11 Å². The molecule has 1 aliphatic heterocycles. The van der Waals surface area contributed by atoms with Crippen LogP contribution in [0.2, 0.25) is 0 Å². The number of aliphatic hydroxyl groups is 1. The fraction of sp³-hybridized carbons (Fsp3) is 0.480. The summed E-state index contributed by atoms with van der Waals surface area (Å²) >= 11 is 0. The van der Waals surface area contributed by atoms with Crippen LogP contribution in [0.5, 0.6) is 11.5 Å². The number of aliphatic carboxylic acids is 1. The van der Waals surface area contributed by atoms with Crippen molar-refractivity contribution in [1.29, 1.82) is 0 Å². The van der Waals surface area contributed by atoms with E-state index in [1.165, 1.54) is 5.56 Å². The number of aliphatic hydroxyl groups excluding tert-OH is 1. The summed E-state index contributed by atoms with van der Waals surface area (Å²) in [7, 11) is 1.67. The summed E-state index contributed by atoms with van der Waals surface area (Å²) in [5.41, 5.74) is 2.31. The van der Waals surface area contributed by atoms with Crippen LogP contribution in [0.25, 0.3) is 0 Å². The third kappa shape index (κ3) is 7.56. The van der Waals surface area contributed by atoms with Gasteiger partial charge in [0.15, 0.2) is 0 Å². The molecule has 2 aromatic carbocycles. The van der Waals surface area contributed by atoms with Crippen molar-refractivity contribution >= 4 is 5.97 Å². The van der Waals surface area contributed by atoms with Gasteiger partial charge >= 0.3 is 5.97 Å². The number of nitrogens with zero attached hydrogens (tertiary/aromatic N) is 1. The highest BCUT2D eigenvalue weighted by molar-refractivity contribution is 5.67. The number of carbonyl (C=O) groups is 1. The lowest BCUT2D eigenvalue weighted by Gasteiger charge is -2.33. The topological polar surface area (TPSA) is 79.2 Å². The highest BCUT2D eigenvalue weighted by Gasteiger charge is 2.23. The number of carboxylic acid groups (broad SMARTS) is 1. The minimum absolute atomic E-state index is 0.164. The minimum Gasteiger partial charge on any atom is -0.497 e. The Kier molecular flexibility index (Phi) is 8.74. The van der Waals surface area contributed by atoms with Crippen LogP contribution in [0, 0.1) is 5.92 Å². The van der Waals surface area contributed by atoms with Gasteiger partial charge in [-0.3, -0.25) is 4.79 Å². The summed E-state index contributed by atoms with van der Waals surface area (Å²) in [4.78, 5) is 13.1. The van der Waals surface area contributed by atoms with E-state index in [1.807, 2.05) is 36.4 Å². The molecule has 1 fully saturated rings. The molecule has 0 amide bonds. The number of carboxylic acids is 1. The molecule has 2 atom stereocenters. The number of para-hydroxylation sites is 1. The Balaban J connectivity index is 1.49. The molecule has 2 aromatic rings. The van der Waals surface area contributed by atoms with E-state index in [9.17, 15) is 9.90 Å². The van der Waals surface area contributed by atoms with Crippen LogP contribution in [0.1, 0.15) is 30.4 Å². The number of rotatable bonds is 11. The monoisotopic (exact) mass is 427 g/mol. The van der Waals surface area contributed by atoms with Gasteiger partial charge in [0.2, 0.25) is 0 Å². The zero-order valence-corrected chi connectivity index (χ0v) is 18.2. The van der Waals surface area contributed by atoms with Gasteiger partial charge in [-0.2, -0.15) is 0 Å². The molecule has 168 valence electrons. The van der Waals surface area contributed by atoms with Crippen LogP contribution in [-0.4, -0.2) is 60.5 Å². The van der Waals surface area contributed by atoms with Crippen LogP contribution in [0.3, 0.4) is 0 Å². The Bertz CT molecular complexity index is 840. The molecule has 1 saturated heterocycles. The number of β-amino-alcohol motifs (C(OH)–C–C–N with tert-alkyl or cyclic N) is 1. The zero-order chi connectivity index (χ0) is 22.1. The van der Waals surface area contributed by atoms with Gasteiger partial charge in [-0.1, -0.05) is 30.3 Å². The van der Waals surface area contributed by atoms with Crippen molar-refractivity contribution in [3.8, 4) is 11.5 Å². The predicted molar refractivity (Wildman–Crippen MR) is 120 cm³/mol. The number of piperidine rings is 1. The fourth-order valence-electron chi connectivity index (χ4n) is 4.23. The lowest BCUT2D eigenvalue weighted by atomic mass is 9.95. The molecule has 0 aliphatic carbocycles. The summed E-state index contributed by atoms with van der Waals surface area (Å²) < 4.78 is 11.3. The molecule has 2 N–H and O–H groups in total. The second-order valence-electron chi connectivity index (χ2n) is 8.29. The molecular weight excluding hydrogens is 394 g/mol. The Morgan fingerprint density at radius 3 is 2.84 bits per heavy atom. The van der Waals surface area contributed by atoms with Crippen LogP contribution in [0.4, 0.5) is 0 Å². The van der Waals surface area contributed by atoms with E-state index >= 15 is 0 Å². The van der Waals surface area contributed by atoms with Gasteiger partial charge in [-0.05, 0) is 67.5 Å². The van der Waals surface area contributed by atoms with E-state index in [-0.39, 0.29) is 18.9 Å². The van der Waals surface area contributed by atoms with E-state index < -0.39 is 12.1 Å². The maximum atomic E-state index is 11.0. The van der Waals surface area contributed by atoms with Gasteiger partial charge in [-0.25, -0.2) is 0 Å². The molecule has 2 unspecified atom stereocenters. The fourth-order valence-corrected chi connectivity index (χ4v) is 4.23. The average molecular weight is 428 g/mol. The molecule has 0 bridgehead atoms. The SMILES string of the molecule is COc1cccc(CCc2ccccc2OCC(O)CN2CCCC(CC(=O)O)C2)c1. The number of benzene rings is 2. The van der Waals surface area contributed by atoms with Gasteiger partial charge in [0, 0.05) is 19.5 Å². The molecule has 6 heteroatoms. The number of aryl methyl sites for hydroxylation is 2. The second kappa shape index (κ2) is 11.7. The second-order valence-corrected chi connectivity index (χ2v) is 8.29. The molecule has 3 rings (SSSR count). The average Bonchev–Trinajstić information content (AvgIpc) is 2.77. The summed E-state index contributed by atoms with van der Waals surface area (Å²) in [6.07, 6.45) is 3.20. The van der Waals surface area contributed by atoms with Crippen LogP contribution in [0.15, 0.2) is 48.5 Å². The number of methoxy groups -OCH3 is 1. The van der Waals surface area contributed by atoms with E-state index in [4.69, 9.17) is 14.6 Å². The van der Waals surface area contributed by atoms with Gasteiger partial charge < -0.3 is 24.6 Å². The van der Waals surface area contributed by atoms with Gasteiger partial charge in [0.1, 0.15) is 24.2 Å². The van der Waals surface area contributed by atoms with Crippen molar-refractivity contribution in [1.82, 2.24) is 4.90 Å². The largest absolute Gasteiger partial charge is 0.497 e. The number of ether oxygens (including phenoxy) is 2. The smallest absolute Gasteiger partial charge is 0.303 e. The normalized spacial score (nSPS) is 17.8. The number of likely N-dealkylation sites (tertiary alicyclic amines) is 1. The summed E-state index contributed by atoms with van der Waals surface area (Å²) in [6.45, 7) is 2.34. The van der Waals surface area contributed by atoms with Crippen molar-refractivity contribution in [3.63, 3.8) is 0 Å². The van der Waals surface area contributed by atoms with Crippen molar-refractivity contribution in [3.05, 3.63) is 59.7 Å². The molecule has 1 heterocycles. The number of hydrogen-bond acceptors (Lipinski definition) is 5. The third-order valence-electron chi connectivity index (χ3n) is 5.76. The first-order chi connectivity index (χ1) is 15.0. The van der Waals surface area contributed by atoms with Crippen molar-refractivity contribution in [2.24, 2.45) is 5.92 Å². The minimum atomic E-state index is -0.749. The highest BCUT2D eigenvalue weighted by atomic mass is 16.5. The molecule has 0 spiro atoms. The Labute approximate surface area is 184 Å². The predicted octanol–water partition coefficient (Wildman–Crippen LogP) is 3.41. The third-order valence-corrected chi connectivity index (χ3v) is 5.76. The van der Waals surface area contributed by atoms with Crippen LogP contribution < -0.4 is 9.47 Å². The molecule has 31 heavy (non-hydrogen) atoms. The summed E-state index contributed by atoms with van der Waals surface area (Å²) in [6, 6.07) is 16.0. The molecule has 0 radical (unpaired) electrons. The van der Waals surface area contributed by atoms with Gasteiger partial charge in [0.05, 0.1) is 7.11 Å². The standard InChI is InChI=1S/C25H33NO5/c1-30-23-9-4-6-19(14-23)11-12-21-8-2-3-10-24(21)31-18-22(27)17-26-13-5-7-20(16-26)15-25(28)29/h2-4,6,8-10,14,20,22,27H,5,7,11-13,15-18H2,1H3,(H,28,29). The Hall–Kier alpha value is -2.57. The maximum Gasteiger partial charge on any atom is 0.303 e. The van der Waals surface area contributed by atoms with Crippen LogP contribution >= 0.6 is 0 Å². The van der Waals surface area contributed by atoms with E-state index in [0.717, 1.165) is 55.8 Å². The summed E-state index contributed by atoms with van der Waals surface area (Å²) in [5.74, 6) is 1.07. The molecule has 6 nitrogen and oxygen atoms in total. The van der Waals surface area contributed by atoms with Crippen LogP contribution in [-0.2, 0) is 17.6 Å². The Morgan fingerprint density at radius 2 is 2.03 bits per heavy atom. The Morgan fingerprint density at radius 1 is 1.19 bits per heavy atom. The number of hydrogen-bond donors (Lipinski definition) is 2. The first-order valence-corrected chi connectivity index (χ1v) is 11.0. The lowest BCUT2D eigenvalue weighted by Crippen LogP contribution is -2.42. The van der Waals surface area contributed by atoms with E-state index in [2.05, 4.69) is 17.0 Å². The molecule has 0 aromatic heterocycles. The van der Waals surface area contributed by atoms with E-state index in [0.29, 0.717) is 6.54 Å². The maximum absolute atomic E-state index is 11.0. The van der Waals surface area contributed by atoms with Gasteiger partial charge in [-0.15, -0.1) is 0 Å². The van der Waals surface area contributed by atoms with Crippen molar-refractivity contribution < 1.29 is 24.5 Å². The van der Waals surface area contributed by atoms with Crippen molar-refractivity contribution in [2.75, 3.05) is 33.4 Å². The zero-order valence-electron chi connectivity index (χ0n) is 18.2. The lowest BCUT2D eigenvalue weighted by molar-refractivity contribution is -0.138. The summed E-state index contributed by atoms with van der Waals surface area (Å²) in [5, 5.41) is 19.5. The highest BCUT2D eigenvalue weighted by Crippen LogP contribution is 2.23. The first-order valence-electron chi connectivity index (χ1n) is 11.0. The van der Waals surface area contributed by atoms with Gasteiger partial charge in [0.25, 0.3) is 0 Å². The van der Waals surface area contributed by atoms with Crippen molar-refractivity contribution in [2.45, 2.75) is 38.2 Å². The first kappa shape index (κ1) is 23.1. The molecular formula is C25H33NO5. The quantitative estimate of drug-likeness (QED) is 0.572.